The first-order valence-electron chi connectivity index (χ1n) is 5.66. The number of aliphatic carboxylic acids is 1. The van der Waals surface area contributed by atoms with Crippen molar-refractivity contribution < 1.29 is 14.7 Å². The fourth-order valence-corrected chi connectivity index (χ4v) is 2.33. The lowest BCUT2D eigenvalue weighted by molar-refractivity contribution is -0.139. The molecule has 0 aromatic carbocycles. The van der Waals surface area contributed by atoms with Crippen LogP contribution in [0.2, 0.25) is 0 Å². The number of nitrogens with one attached hydrogen (secondary N) is 1. The van der Waals surface area contributed by atoms with Gasteiger partial charge in [-0.1, -0.05) is 12.2 Å². The highest BCUT2D eigenvalue weighted by Crippen LogP contribution is 2.20. The first-order valence-corrected chi connectivity index (χ1v) is 6.54. The molecule has 0 spiro atoms. The van der Waals surface area contributed by atoms with Crippen molar-refractivity contribution in [2.45, 2.75) is 33.2 Å². The second-order valence-corrected chi connectivity index (χ2v) is 5.08. The van der Waals surface area contributed by atoms with Crippen LogP contribution in [0.15, 0.2) is 17.5 Å². The average Bonchev–Trinajstić information content (AvgIpc) is 2.65. The van der Waals surface area contributed by atoms with E-state index in [4.69, 9.17) is 5.11 Å². The van der Waals surface area contributed by atoms with E-state index in [-0.39, 0.29) is 5.91 Å². The number of aryl methyl sites for hydroxylation is 1. The Bertz CT molecular complexity index is 477. The van der Waals surface area contributed by atoms with Crippen molar-refractivity contribution in [1.82, 2.24) is 5.32 Å². The van der Waals surface area contributed by atoms with Crippen LogP contribution in [0.1, 0.15) is 34.1 Å². The van der Waals surface area contributed by atoms with Gasteiger partial charge >= 0.3 is 5.97 Å². The van der Waals surface area contributed by atoms with Gasteiger partial charge in [-0.15, -0.1) is 11.3 Å². The third-order valence-corrected chi connectivity index (χ3v) is 3.75. The van der Waals surface area contributed by atoms with Crippen molar-refractivity contribution in [2.24, 2.45) is 0 Å². The van der Waals surface area contributed by atoms with Gasteiger partial charge in [0.25, 0.3) is 5.91 Å². The minimum Gasteiger partial charge on any atom is -0.480 e. The Kier molecular flexibility index (Phi) is 5.09. The van der Waals surface area contributed by atoms with Gasteiger partial charge in [-0.2, -0.15) is 0 Å². The molecule has 1 amide bonds. The quantitative estimate of drug-likeness (QED) is 0.806. The van der Waals surface area contributed by atoms with Gasteiger partial charge in [0.15, 0.2) is 0 Å². The van der Waals surface area contributed by atoms with Crippen molar-refractivity contribution in [3.05, 3.63) is 33.5 Å². The number of carboxylic acid groups (broad SMARTS) is 1. The number of hydrogen-bond donors (Lipinski definition) is 2. The third kappa shape index (κ3) is 3.43. The highest BCUT2D eigenvalue weighted by molar-refractivity contribution is 7.10. The van der Waals surface area contributed by atoms with E-state index in [0.29, 0.717) is 12.0 Å². The summed E-state index contributed by atoms with van der Waals surface area (Å²) in [7, 11) is 0. The predicted octanol–water partition coefficient (Wildman–Crippen LogP) is 2.51. The van der Waals surface area contributed by atoms with Crippen molar-refractivity contribution in [3.8, 4) is 0 Å². The first kappa shape index (κ1) is 14.4. The highest BCUT2D eigenvalue weighted by atomic mass is 32.1. The average molecular weight is 267 g/mol. The van der Waals surface area contributed by atoms with Crippen LogP contribution in [0.25, 0.3) is 0 Å². The molecule has 0 saturated heterocycles. The van der Waals surface area contributed by atoms with Gasteiger partial charge in [-0.25, -0.2) is 4.79 Å². The van der Waals surface area contributed by atoms with Crippen molar-refractivity contribution in [2.75, 3.05) is 0 Å². The number of thiophene rings is 1. The molecular weight excluding hydrogens is 250 g/mol. The summed E-state index contributed by atoms with van der Waals surface area (Å²) in [6.45, 7) is 5.61. The minimum absolute atomic E-state index is 0.291. The lowest BCUT2D eigenvalue weighted by Crippen LogP contribution is -2.40. The molecular formula is C13H17NO3S. The SMILES string of the molecule is C/C=C/CC(NC(=O)c1csc(C)c1C)C(=O)O. The molecule has 0 bridgehead atoms. The summed E-state index contributed by atoms with van der Waals surface area (Å²) in [6, 6.07) is -0.881. The van der Waals surface area contributed by atoms with Crippen LogP contribution in [0, 0.1) is 13.8 Å². The summed E-state index contributed by atoms with van der Waals surface area (Å²) in [5.74, 6) is -1.35. The zero-order valence-electron chi connectivity index (χ0n) is 10.7. The summed E-state index contributed by atoms with van der Waals surface area (Å²) in [4.78, 5) is 24.1. The molecule has 98 valence electrons. The number of allylic oxidation sites excluding steroid dienone is 1. The summed E-state index contributed by atoms with van der Waals surface area (Å²) in [5, 5.41) is 13.3. The fraction of sp³-hybridized carbons (Fsp3) is 0.385. The molecule has 1 unspecified atom stereocenters. The van der Waals surface area contributed by atoms with Gasteiger partial charge in [0.1, 0.15) is 6.04 Å². The van der Waals surface area contributed by atoms with Crippen LogP contribution >= 0.6 is 11.3 Å². The topological polar surface area (TPSA) is 66.4 Å². The summed E-state index contributed by atoms with van der Waals surface area (Å²) >= 11 is 1.49. The van der Waals surface area contributed by atoms with E-state index >= 15 is 0 Å². The maximum atomic E-state index is 12.0. The van der Waals surface area contributed by atoms with Crippen LogP contribution in [0.3, 0.4) is 0 Å². The van der Waals surface area contributed by atoms with Gasteiger partial charge in [-0.3, -0.25) is 4.79 Å². The smallest absolute Gasteiger partial charge is 0.326 e. The van der Waals surface area contributed by atoms with Crippen LogP contribution in [-0.4, -0.2) is 23.0 Å². The normalized spacial score (nSPS) is 12.6. The zero-order valence-corrected chi connectivity index (χ0v) is 11.5. The monoisotopic (exact) mass is 267 g/mol. The summed E-state index contributed by atoms with van der Waals surface area (Å²) in [5.41, 5.74) is 1.47. The molecule has 1 rings (SSSR count). The molecule has 1 heterocycles. The Morgan fingerprint density at radius 1 is 1.50 bits per heavy atom. The molecule has 0 saturated carbocycles. The third-order valence-electron chi connectivity index (χ3n) is 2.74. The van der Waals surface area contributed by atoms with Gasteiger partial charge in [0, 0.05) is 10.3 Å². The van der Waals surface area contributed by atoms with E-state index in [9.17, 15) is 9.59 Å². The zero-order chi connectivity index (χ0) is 13.7. The van der Waals surface area contributed by atoms with E-state index < -0.39 is 12.0 Å². The molecule has 0 aliphatic carbocycles. The van der Waals surface area contributed by atoms with Crippen molar-refractivity contribution >= 4 is 23.2 Å². The standard InChI is InChI=1S/C13H17NO3S/c1-4-5-6-11(13(16)17)14-12(15)10-7-18-9(3)8(10)2/h4-5,7,11H,6H2,1-3H3,(H,14,15)(H,16,17)/b5-4+. The Balaban J connectivity index is 2.78. The maximum absolute atomic E-state index is 12.0. The minimum atomic E-state index is -1.02. The number of amides is 1. The summed E-state index contributed by atoms with van der Waals surface area (Å²) < 4.78 is 0. The van der Waals surface area contributed by atoms with Gasteiger partial charge in [0.05, 0.1) is 5.56 Å². The fourth-order valence-electron chi connectivity index (χ4n) is 1.47. The largest absolute Gasteiger partial charge is 0.480 e. The number of hydrogen-bond acceptors (Lipinski definition) is 3. The number of carbonyl (C=O) groups excluding carboxylic acids is 1. The molecule has 4 nitrogen and oxygen atoms in total. The van der Waals surface area contributed by atoms with Crippen molar-refractivity contribution in [1.29, 1.82) is 0 Å². The van der Waals surface area contributed by atoms with Gasteiger partial charge in [-0.05, 0) is 32.8 Å². The Hall–Kier alpha value is -1.62. The molecule has 0 radical (unpaired) electrons. The van der Waals surface area contributed by atoms with Crippen LogP contribution in [-0.2, 0) is 4.79 Å². The maximum Gasteiger partial charge on any atom is 0.326 e. The molecule has 18 heavy (non-hydrogen) atoms. The Morgan fingerprint density at radius 2 is 2.17 bits per heavy atom. The van der Waals surface area contributed by atoms with E-state index in [1.54, 1.807) is 17.5 Å². The van der Waals surface area contributed by atoms with Gasteiger partial charge in [0.2, 0.25) is 0 Å². The highest BCUT2D eigenvalue weighted by Gasteiger charge is 2.21. The molecule has 1 aromatic heterocycles. The first-order chi connectivity index (χ1) is 8.47. The Morgan fingerprint density at radius 3 is 2.61 bits per heavy atom. The summed E-state index contributed by atoms with van der Waals surface area (Å²) in [6.07, 6.45) is 3.78. The molecule has 0 aliphatic heterocycles. The second kappa shape index (κ2) is 6.35. The van der Waals surface area contributed by atoms with Crippen molar-refractivity contribution in [3.63, 3.8) is 0 Å². The second-order valence-electron chi connectivity index (χ2n) is 4.00. The molecule has 1 aromatic rings. The lowest BCUT2D eigenvalue weighted by Gasteiger charge is -2.12. The molecule has 0 aliphatic rings. The van der Waals surface area contributed by atoms with Crippen LogP contribution < -0.4 is 5.32 Å². The van der Waals surface area contributed by atoms with E-state index in [2.05, 4.69) is 5.32 Å². The molecule has 1 atom stereocenters. The molecule has 5 heteroatoms. The lowest BCUT2D eigenvalue weighted by atomic mass is 10.1. The van der Waals surface area contributed by atoms with Crippen LogP contribution in [0.5, 0.6) is 0 Å². The van der Waals surface area contributed by atoms with Crippen LogP contribution in [0.4, 0.5) is 0 Å². The van der Waals surface area contributed by atoms with E-state index in [1.165, 1.54) is 11.3 Å². The van der Waals surface area contributed by atoms with E-state index in [1.807, 2.05) is 20.8 Å². The molecule has 2 N–H and O–H groups in total. The molecule has 0 fully saturated rings. The number of rotatable bonds is 5. The number of carboxylic acids is 1. The predicted molar refractivity (Wildman–Crippen MR) is 72.1 cm³/mol. The van der Waals surface area contributed by atoms with E-state index in [0.717, 1.165) is 10.4 Å². The number of carbonyl (C=O) groups is 2. The Labute approximate surface area is 110 Å². The van der Waals surface area contributed by atoms with Gasteiger partial charge < -0.3 is 10.4 Å².